The van der Waals surface area contributed by atoms with Crippen LogP contribution in [0.2, 0.25) is 5.02 Å². The molecule has 3 amide bonds. The largest absolute Gasteiger partial charge is 0.493 e. The number of halogens is 1. The minimum atomic E-state index is -0.743. The third-order valence-electron chi connectivity index (χ3n) is 7.65. The van der Waals surface area contributed by atoms with E-state index >= 15 is 0 Å². The van der Waals surface area contributed by atoms with Crippen LogP contribution >= 0.6 is 11.6 Å². The maximum absolute atomic E-state index is 13.4. The summed E-state index contributed by atoms with van der Waals surface area (Å²) in [5.74, 6) is 0.301. The summed E-state index contributed by atoms with van der Waals surface area (Å²) >= 11 is 6.10. The van der Waals surface area contributed by atoms with Crippen LogP contribution in [-0.4, -0.2) is 43.0 Å². The minimum absolute atomic E-state index is 0.146. The van der Waals surface area contributed by atoms with Gasteiger partial charge in [0.05, 0.1) is 6.61 Å². The highest BCUT2D eigenvalue weighted by Crippen LogP contribution is 2.33. The molecule has 0 unspecified atom stereocenters. The van der Waals surface area contributed by atoms with Crippen molar-refractivity contribution in [3.05, 3.63) is 64.7 Å². The first-order chi connectivity index (χ1) is 20.1. The van der Waals surface area contributed by atoms with Crippen LogP contribution in [-0.2, 0) is 27.2 Å². The molecule has 0 radical (unpaired) electrons. The standard InChI is InChI=1S/C34H48ClN3O4/c1-6-16-42-30-13-8-7-11-27(30)17-23(4)21-36-33(40)29(20-25-14-15-25)37-34(41)31(22(2)3)38-32(39)24(5)18-26-10-9-12-28(35)19-26/h7-13,19,22-25,29,31H,6,14-18,20-21H2,1-5H3,(H,36,40)(H,37,41)(H,38,39)/t23-,24-,29+,31-/m1/s1. The molecule has 4 atom stereocenters. The topological polar surface area (TPSA) is 96.5 Å². The van der Waals surface area contributed by atoms with Gasteiger partial charge in [0.15, 0.2) is 0 Å². The molecule has 8 heteroatoms. The molecular weight excluding hydrogens is 550 g/mol. The van der Waals surface area contributed by atoms with E-state index in [1.165, 1.54) is 0 Å². The Labute approximate surface area is 256 Å². The van der Waals surface area contributed by atoms with E-state index in [0.717, 1.165) is 42.6 Å². The summed E-state index contributed by atoms with van der Waals surface area (Å²) in [5, 5.41) is 9.60. The van der Waals surface area contributed by atoms with E-state index in [-0.39, 0.29) is 35.5 Å². The first-order valence-corrected chi connectivity index (χ1v) is 15.8. The lowest BCUT2D eigenvalue weighted by Crippen LogP contribution is -2.56. The van der Waals surface area contributed by atoms with Crippen molar-refractivity contribution in [2.75, 3.05) is 13.2 Å². The Kier molecular flexibility index (Phi) is 13.2. The molecule has 2 aromatic carbocycles. The number of nitrogens with one attached hydrogen (secondary N) is 3. The first kappa shape index (κ1) is 33.4. The monoisotopic (exact) mass is 597 g/mol. The van der Waals surface area contributed by atoms with Gasteiger partial charge in [-0.3, -0.25) is 14.4 Å². The molecule has 1 fully saturated rings. The van der Waals surface area contributed by atoms with Crippen molar-refractivity contribution in [1.29, 1.82) is 0 Å². The SMILES string of the molecule is CCCOc1ccccc1C[C@@H](C)CNC(=O)[C@H](CC1CC1)NC(=O)[C@H](NC(=O)[C@H](C)Cc1cccc(Cl)c1)C(C)C. The van der Waals surface area contributed by atoms with E-state index in [0.29, 0.717) is 36.9 Å². The normalized spacial score (nSPS) is 15.8. The summed E-state index contributed by atoms with van der Waals surface area (Å²) in [6, 6.07) is 14.1. The fourth-order valence-electron chi connectivity index (χ4n) is 4.99. The molecule has 0 heterocycles. The molecule has 3 N–H and O–H groups in total. The summed E-state index contributed by atoms with van der Waals surface area (Å²) in [4.78, 5) is 39.8. The van der Waals surface area contributed by atoms with Crippen molar-refractivity contribution < 1.29 is 19.1 Å². The Balaban J connectivity index is 1.57. The molecule has 0 spiro atoms. The van der Waals surface area contributed by atoms with Gasteiger partial charge in [-0.15, -0.1) is 0 Å². The van der Waals surface area contributed by atoms with Gasteiger partial charge in [0.25, 0.3) is 0 Å². The highest BCUT2D eigenvalue weighted by Gasteiger charge is 2.33. The van der Waals surface area contributed by atoms with Gasteiger partial charge in [0, 0.05) is 17.5 Å². The van der Waals surface area contributed by atoms with Crippen LogP contribution in [0, 0.1) is 23.7 Å². The Morgan fingerprint density at radius 1 is 0.929 bits per heavy atom. The summed E-state index contributed by atoms with van der Waals surface area (Å²) in [5.41, 5.74) is 2.08. The molecule has 7 nitrogen and oxygen atoms in total. The number of para-hydroxylation sites is 1. The highest BCUT2D eigenvalue weighted by atomic mass is 35.5. The van der Waals surface area contributed by atoms with E-state index in [1.54, 1.807) is 6.07 Å². The van der Waals surface area contributed by atoms with E-state index in [2.05, 4.69) is 35.9 Å². The maximum Gasteiger partial charge on any atom is 0.243 e. The van der Waals surface area contributed by atoms with Crippen LogP contribution in [0.1, 0.15) is 71.4 Å². The highest BCUT2D eigenvalue weighted by molar-refractivity contribution is 6.30. The zero-order valence-corrected chi connectivity index (χ0v) is 26.5. The van der Waals surface area contributed by atoms with Crippen LogP contribution in [0.15, 0.2) is 48.5 Å². The number of benzene rings is 2. The van der Waals surface area contributed by atoms with Crippen LogP contribution in [0.25, 0.3) is 0 Å². The average Bonchev–Trinajstić information content (AvgIpc) is 3.77. The predicted octanol–water partition coefficient (Wildman–Crippen LogP) is 5.73. The number of amides is 3. The van der Waals surface area contributed by atoms with Gasteiger partial charge in [0.2, 0.25) is 17.7 Å². The van der Waals surface area contributed by atoms with Crippen molar-refractivity contribution in [3.63, 3.8) is 0 Å². The number of hydrogen-bond donors (Lipinski definition) is 3. The quantitative estimate of drug-likeness (QED) is 0.217. The van der Waals surface area contributed by atoms with Crippen molar-refractivity contribution in [2.24, 2.45) is 23.7 Å². The molecule has 1 aliphatic carbocycles. The molecule has 42 heavy (non-hydrogen) atoms. The third kappa shape index (κ3) is 11.0. The molecule has 0 aromatic heterocycles. The third-order valence-corrected chi connectivity index (χ3v) is 7.89. The number of carbonyl (C=O) groups is 3. The lowest BCUT2D eigenvalue weighted by atomic mass is 9.97. The van der Waals surface area contributed by atoms with Crippen LogP contribution in [0.3, 0.4) is 0 Å². The van der Waals surface area contributed by atoms with E-state index in [9.17, 15) is 14.4 Å². The predicted molar refractivity (Wildman–Crippen MR) is 168 cm³/mol. The van der Waals surface area contributed by atoms with Gasteiger partial charge in [0.1, 0.15) is 17.8 Å². The van der Waals surface area contributed by atoms with Crippen molar-refractivity contribution >= 4 is 29.3 Å². The second-order valence-electron chi connectivity index (χ2n) is 12.2. The Hall–Kier alpha value is -3.06. The summed E-state index contributed by atoms with van der Waals surface area (Å²) in [7, 11) is 0. The number of rotatable bonds is 17. The fraction of sp³-hybridized carbons (Fsp3) is 0.559. The van der Waals surface area contributed by atoms with Gasteiger partial charge in [-0.2, -0.15) is 0 Å². The Morgan fingerprint density at radius 2 is 1.67 bits per heavy atom. The number of ether oxygens (including phenoxy) is 1. The lowest BCUT2D eigenvalue weighted by Gasteiger charge is -2.27. The molecule has 3 rings (SSSR count). The zero-order valence-electron chi connectivity index (χ0n) is 25.8. The van der Waals surface area contributed by atoms with Gasteiger partial charge in [-0.05, 0) is 72.8 Å². The van der Waals surface area contributed by atoms with Crippen molar-refractivity contribution in [2.45, 2.75) is 85.2 Å². The number of carbonyl (C=O) groups excluding carboxylic acids is 3. The summed E-state index contributed by atoms with van der Waals surface area (Å²) in [6.45, 7) is 11.0. The molecule has 2 aromatic rings. The lowest BCUT2D eigenvalue weighted by molar-refractivity contribution is -0.134. The minimum Gasteiger partial charge on any atom is -0.493 e. The van der Waals surface area contributed by atoms with Gasteiger partial charge in [-0.25, -0.2) is 0 Å². The van der Waals surface area contributed by atoms with Gasteiger partial charge in [-0.1, -0.05) is 89.4 Å². The second kappa shape index (κ2) is 16.5. The first-order valence-electron chi connectivity index (χ1n) is 15.4. The second-order valence-corrected chi connectivity index (χ2v) is 12.7. The molecular formula is C34H48ClN3O4. The molecule has 230 valence electrons. The average molecular weight is 598 g/mol. The molecule has 0 saturated heterocycles. The van der Waals surface area contributed by atoms with Crippen molar-refractivity contribution in [3.8, 4) is 5.75 Å². The maximum atomic E-state index is 13.4. The molecule has 1 saturated carbocycles. The van der Waals surface area contributed by atoms with Gasteiger partial charge >= 0.3 is 0 Å². The Morgan fingerprint density at radius 3 is 2.33 bits per heavy atom. The van der Waals surface area contributed by atoms with Crippen LogP contribution in [0.4, 0.5) is 0 Å². The van der Waals surface area contributed by atoms with Crippen LogP contribution in [0.5, 0.6) is 5.75 Å². The van der Waals surface area contributed by atoms with Gasteiger partial charge < -0.3 is 20.7 Å². The summed E-state index contributed by atoms with van der Waals surface area (Å²) < 4.78 is 5.89. The number of hydrogen-bond acceptors (Lipinski definition) is 4. The summed E-state index contributed by atoms with van der Waals surface area (Å²) in [6.07, 6.45) is 4.96. The zero-order chi connectivity index (χ0) is 30.6. The van der Waals surface area contributed by atoms with E-state index < -0.39 is 12.1 Å². The molecule has 0 bridgehead atoms. The van der Waals surface area contributed by atoms with E-state index in [1.807, 2.05) is 57.2 Å². The fourth-order valence-corrected chi connectivity index (χ4v) is 5.20. The van der Waals surface area contributed by atoms with E-state index in [4.69, 9.17) is 16.3 Å². The molecule has 0 aliphatic heterocycles. The Bertz CT molecular complexity index is 1180. The molecule has 1 aliphatic rings. The van der Waals surface area contributed by atoms with Crippen molar-refractivity contribution in [1.82, 2.24) is 16.0 Å². The van der Waals surface area contributed by atoms with Crippen LogP contribution < -0.4 is 20.7 Å². The smallest absolute Gasteiger partial charge is 0.243 e.